The number of hydrogen-bond acceptors (Lipinski definition) is 4. The second kappa shape index (κ2) is 9.68. The van der Waals surface area contributed by atoms with Crippen molar-refractivity contribution in [1.29, 1.82) is 0 Å². The van der Waals surface area contributed by atoms with E-state index in [0.717, 1.165) is 18.6 Å². The predicted octanol–water partition coefficient (Wildman–Crippen LogP) is 4.78. The molecular formula is C24H31NO4. The number of aryl methyl sites for hydroxylation is 2. The Bertz CT molecular complexity index is 841. The summed E-state index contributed by atoms with van der Waals surface area (Å²) in [6, 6.07) is 11.6. The molecule has 2 aromatic carbocycles. The van der Waals surface area contributed by atoms with Crippen molar-refractivity contribution in [2.24, 2.45) is 0 Å². The van der Waals surface area contributed by atoms with E-state index in [1.54, 1.807) is 6.07 Å². The van der Waals surface area contributed by atoms with E-state index in [2.05, 4.69) is 26.0 Å². The monoisotopic (exact) mass is 397 g/mol. The van der Waals surface area contributed by atoms with Crippen molar-refractivity contribution >= 4 is 5.91 Å². The van der Waals surface area contributed by atoms with Gasteiger partial charge in [0.2, 0.25) is 0 Å². The van der Waals surface area contributed by atoms with E-state index in [9.17, 15) is 4.79 Å². The molecule has 1 aliphatic rings. The molecule has 156 valence electrons. The Morgan fingerprint density at radius 3 is 2.28 bits per heavy atom. The van der Waals surface area contributed by atoms with Gasteiger partial charge in [0.05, 0.1) is 13.2 Å². The van der Waals surface area contributed by atoms with Crippen molar-refractivity contribution in [3.05, 3.63) is 53.1 Å². The first-order chi connectivity index (χ1) is 14.0. The summed E-state index contributed by atoms with van der Waals surface area (Å²) < 4.78 is 17.4. The number of likely N-dealkylation sites (tertiary alicyclic amines) is 1. The number of nitrogens with zero attached hydrogens (tertiary/aromatic N) is 1. The number of piperidine rings is 1. The van der Waals surface area contributed by atoms with Gasteiger partial charge in [0, 0.05) is 31.5 Å². The average Bonchev–Trinajstić information content (AvgIpc) is 2.72. The van der Waals surface area contributed by atoms with Crippen molar-refractivity contribution in [2.45, 2.75) is 46.6 Å². The van der Waals surface area contributed by atoms with Crippen LogP contribution in [-0.2, 0) is 0 Å². The summed E-state index contributed by atoms with van der Waals surface area (Å²) in [6.07, 6.45) is 1.79. The maximum Gasteiger partial charge on any atom is 0.253 e. The van der Waals surface area contributed by atoms with Gasteiger partial charge in [-0.2, -0.15) is 0 Å². The molecular weight excluding hydrogens is 366 g/mol. The van der Waals surface area contributed by atoms with E-state index in [4.69, 9.17) is 14.2 Å². The Balaban J connectivity index is 1.60. The number of carbonyl (C=O) groups excluding carboxylic acids is 1. The fourth-order valence-corrected chi connectivity index (χ4v) is 3.52. The molecule has 5 nitrogen and oxygen atoms in total. The number of benzene rings is 2. The fourth-order valence-electron chi connectivity index (χ4n) is 3.52. The molecule has 5 heteroatoms. The summed E-state index contributed by atoms with van der Waals surface area (Å²) in [5.41, 5.74) is 3.13. The minimum atomic E-state index is 0.0265. The van der Waals surface area contributed by atoms with E-state index >= 15 is 0 Å². The van der Waals surface area contributed by atoms with Crippen LogP contribution in [0.5, 0.6) is 17.2 Å². The van der Waals surface area contributed by atoms with Crippen LogP contribution in [-0.4, -0.2) is 43.2 Å². The molecule has 0 spiro atoms. The number of rotatable bonds is 7. The molecule has 0 saturated carbocycles. The number of ether oxygens (including phenoxy) is 3. The first-order valence-corrected chi connectivity index (χ1v) is 10.4. The first-order valence-electron chi connectivity index (χ1n) is 10.4. The fraction of sp³-hybridized carbons (Fsp3) is 0.458. The Kier molecular flexibility index (Phi) is 7.02. The first kappa shape index (κ1) is 21.0. The number of amides is 1. The van der Waals surface area contributed by atoms with Crippen LogP contribution < -0.4 is 14.2 Å². The predicted molar refractivity (Wildman–Crippen MR) is 114 cm³/mol. The van der Waals surface area contributed by atoms with Crippen LogP contribution >= 0.6 is 0 Å². The molecule has 0 atom stereocenters. The topological polar surface area (TPSA) is 48.0 Å². The molecule has 1 aliphatic heterocycles. The normalized spacial score (nSPS) is 14.6. The van der Waals surface area contributed by atoms with Crippen molar-refractivity contribution in [2.75, 3.05) is 26.3 Å². The summed E-state index contributed by atoms with van der Waals surface area (Å²) in [5, 5.41) is 0. The molecule has 0 bridgehead atoms. The van der Waals surface area contributed by atoms with Crippen LogP contribution in [0.4, 0.5) is 0 Å². The van der Waals surface area contributed by atoms with Crippen LogP contribution in [0.3, 0.4) is 0 Å². The van der Waals surface area contributed by atoms with Gasteiger partial charge in [-0.25, -0.2) is 0 Å². The third-order valence-corrected chi connectivity index (χ3v) is 5.30. The molecule has 0 radical (unpaired) electrons. The third kappa shape index (κ3) is 5.22. The maximum atomic E-state index is 13.0. The maximum absolute atomic E-state index is 13.0. The van der Waals surface area contributed by atoms with Gasteiger partial charge < -0.3 is 19.1 Å². The summed E-state index contributed by atoms with van der Waals surface area (Å²) in [5.74, 6) is 2.23. The molecule has 3 rings (SSSR count). The standard InChI is InChI=1S/C24H31NO4/c1-5-27-22-10-8-19(16-23(22)28-6-2)24(26)25-13-11-20(12-14-25)29-21-9-7-17(3)18(4)15-21/h7-10,15-16,20H,5-6,11-14H2,1-4H3. The van der Waals surface area contributed by atoms with Crippen molar-refractivity contribution in [1.82, 2.24) is 4.90 Å². The van der Waals surface area contributed by atoms with Gasteiger partial charge in [0.15, 0.2) is 11.5 Å². The quantitative estimate of drug-likeness (QED) is 0.674. The van der Waals surface area contributed by atoms with Crippen LogP contribution in [0.1, 0.15) is 48.2 Å². The lowest BCUT2D eigenvalue weighted by molar-refractivity contribution is 0.0595. The Labute approximate surface area is 173 Å². The highest BCUT2D eigenvalue weighted by atomic mass is 16.5. The second-order valence-electron chi connectivity index (χ2n) is 7.38. The molecule has 29 heavy (non-hydrogen) atoms. The van der Waals surface area contributed by atoms with Gasteiger partial charge in [-0.3, -0.25) is 4.79 Å². The molecule has 0 unspecified atom stereocenters. The second-order valence-corrected chi connectivity index (χ2v) is 7.38. The summed E-state index contributed by atoms with van der Waals surface area (Å²) in [4.78, 5) is 14.9. The Morgan fingerprint density at radius 1 is 0.931 bits per heavy atom. The van der Waals surface area contributed by atoms with Gasteiger partial charge >= 0.3 is 0 Å². The number of carbonyl (C=O) groups is 1. The molecule has 0 aliphatic carbocycles. The molecule has 1 amide bonds. The van der Waals surface area contributed by atoms with Gasteiger partial charge in [0.1, 0.15) is 11.9 Å². The average molecular weight is 398 g/mol. The molecule has 2 aromatic rings. The van der Waals surface area contributed by atoms with Gasteiger partial charge in [0.25, 0.3) is 5.91 Å². The molecule has 1 saturated heterocycles. The van der Waals surface area contributed by atoms with E-state index in [1.165, 1.54) is 11.1 Å². The largest absolute Gasteiger partial charge is 0.490 e. The van der Waals surface area contributed by atoms with Crippen molar-refractivity contribution in [3.8, 4) is 17.2 Å². The minimum absolute atomic E-state index is 0.0265. The SMILES string of the molecule is CCOc1ccc(C(=O)N2CCC(Oc3ccc(C)c(C)c3)CC2)cc1OCC. The highest BCUT2D eigenvalue weighted by molar-refractivity contribution is 5.95. The van der Waals surface area contributed by atoms with Crippen LogP contribution in [0.25, 0.3) is 0 Å². The van der Waals surface area contributed by atoms with Crippen LogP contribution in [0.2, 0.25) is 0 Å². The zero-order valence-corrected chi connectivity index (χ0v) is 17.9. The van der Waals surface area contributed by atoms with Gasteiger partial charge in [-0.1, -0.05) is 6.07 Å². The summed E-state index contributed by atoms with van der Waals surface area (Å²) >= 11 is 0. The molecule has 1 fully saturated rings. The van der Waals surface area contributed by atoms with E-state index in [-0.39, 0.29) is 12.0 Å². The lowest BCUT2D eigenvalue weighted by Crippen LogP contribution is -2.41. The lowest BCUT2D eigenvalue weighted by atomic mass is 10.1. The Morgan fingerprint density at radius 2 is 1.62 bits per heavy atom. The minimum Gasteiger partial charge on any atom is -0.490 e. The van der Waals surface area contributed by atoms with Crippen molar-refractivity contribution < 1.29 is 19.0 Å². The lowest BCUT2D eigenvalue weighted by Gasteiger charge is -2.32. The van der Waals surface area contributed by atoms with Gasteiger partial charge in [-0.05, 0) is 69.2 Å². The van der Waals surface area contributed by atoms with Crippen molar-refractivity contribution in [3.63, 3.8) is 0 Å². The zero-order chi connectivity index (χ0) is 20.8. The molecule has 1 heterocycles. The van der Waals surface area contributed by atoms with E-state index < -0.39 is 0 Å². The van der Waals surface area contributed by atoms with Gasteiger partial charge in [-0.15, -0.1) is 0 Å². The van der Waals surface area contributed by atoms with E-state index in [1.807, 2.05) is 36.9 Å². The molecule has 0 N–H and O–H groups in total. The summed E-state index contributed by atoms with van der Waals surface area (Å²) in [7, 11) is 0. The summed E-state index contributed by atoms with van der Waals surface area (Å²) in [6.45, 7) is 10.5. The molecule has 0 aromatic heterocycles. The Hall–Kier alpha value is -2.69. The third-order valence-electron chi connectivity index (χ3n) is 5.30. The number of hydrogen-bond donors (Lipinski definition) is 0. The smallest absolute Gasteiger partial charge is 0.253 e. The van der Waals surface area contributed by atoms with E-state index in [0.29, 0.717) is 43.4 Å². The van der Waals surface area contributed by atoms with Crippen LogP contribution in [0, 0.1) is 13.8 Å². The van der Waals surface area contributed by atoms with Crippen LogP contribution in [0.15, 0.2) is 36.4 Å². The zero-order valence-electron chi connectivity index (χ0n) is 17.9. The highest BCUT2D eigenvalue weighted by Gasteiger charge is 2.25. The highest BCUT2D eigenvalue weighted by Crippen LogP contribution is 2.30.